The molecule has 8 aromatic carbocycles. The molecular formula is C51H31N3S2. The minimum atomic E-state index is 0.653. The van der Waals surface area contributed by atoms with Gasteiger partial charge in [0.05, 0.1) is 0 Å². The predicted molar refractivity (Wildman–Crippen MR) is 238 cm³/mol. The van der Waals surface area contributed by atoms with E-state index in [2.05, 4.69) is 164 Å². The number of hydrogen-bond donors (Lipinski definition) is 0. The highest BCUT2D eigenvalue weighted by Crippen LogP contribution is 2.45. The Hall–Kier alpha value is -6.79. The summed E-state index contributed by atoms with van der Waals surface area (Å²) in [7, 11) is 0. The number of fused-ring (bicyclic) bond motifs is 6. The van der Waals surface area contributed by atoms with Gasteiger partial charge >= 0.3 is 0 Å². The standard InChI is InChI=1S/C51H31N3S2/c1-4-13-32(14-5-1)33-23-25-36(26-24-33)50-52-49(35-17-8-3-9-18-35)53-51(54-50)41-21-12-20-39-43-29-37(27-28-45(43)56-48(39)41)38-30-42(34-15-6-2-7-16-34)47-40-19-10-11-22-44(40)55-46(47)31-38/h1-31H. The second-order valence-electron chi connectivity index (χ2n) is 14.0. The summed E-state index contributed by atoms with van der Waals surface area (Å²) in [5.74, 6) is 1.98. The molecule has 0 saturated heterocycles. The summed E-state index contributed by atoms with van der Waals surface area (Å²) in [5.41, 5.74) is 10.2. The first kappa shape index (κ1) is 32.6. The Morgan fingerprint density at radius 1 is 0.286 bits per heavy atom. The fourth-order valence-corrected chi connectivity index (χ4v) is 10.2. The first-order valence-electron chi connectivity index (χ1n) is 18.7. The number of nitrogens with zero attached hydrogens (tertiary/aromatic N) is 3. The maximum absolute atomic E-state index is 5.16. The third-order valence-electron chi connectivity index (χ3n) is 10.6. The molecule has 0 aliphatic carbocycles. The molecule has 11 aromatic rings. The summed E-state index contributed by atoms with van der Waals surface area (Å²) in [5, 5.41) is 5.07. The van der Waals surface area contributed by atoms with Crippen LogP contribution in [0.25, 0.3) is 108 Å². The molecule has 262 valence electrons. The molecular weight excluding hydrogens is 719 g/mol. The Balaban J connectivity index is 1.05. The molecule has 0 aliphatic rings. The van der Waals surface area contributed by atoms with Crippen LogP contribution < -0.4 is 0 Å². The van der Waals surface area contributed by atoms with Crippen LogP contribution in [0.5, 0.6) is 0 Å². The van der Waals surface area contributed by atoms with Crippen LogP contribution >= 0.6 is 22.7 Å². The van der Waals surface area contributed by atoms with Crippen molar-refractivity contribution in [1.29, 1.82) is 0 Å². The monoisotopic (exact) mass is 749 g/mol. The van der Waals surface area contributed by atoms with Gasteiger partial charge < -0.3 is 0 Å². The Morgan fingerprint density at radius 2 is 0.839 bits per heavy atom. The number of benzene rings is 8. The zero-order valence-electron chi connectivity index (χ0n) is 30.1. The van der Waals surface area contributed by atoms with Gasteiger partial charge in [-0.2, -0.15) is 0 Å². The predicted octanol–water partition coefficient (Wildman–Crippen LogP) is 14.6. The molecule has 0 bridgehead atoms. The minimum absolute atomic E-state index is 0.653. The Labute approximate surface area is 331 Å². The van der Waals surface area contributed by atoms with Gasteiger partial charge in [-0.3, -0.25) is 0 Å². The lowest BCUT2D eigenvalue weighted by molar-refractivity contribution is 1.08. The van der Waals surface area contributed by atoms with E-state index in [9.17, 15) is 0 Å². The van der Waals surface area contributed by atoms with Gasteiger partial charge in [0.15, 0.2) is 17.5 Å². The van der Waals surface area contributed by atoms with Crippen LogP contribution in [0.15, 0.2) is 188 Å². The quantitative estimate of drug-likeness (QED) is 0.170. The van der Waals surface area contributed by atoms with E-state index in [-0.39, 0.29) is 0 Å². The Kier molecular flexibility index (Phi) is 7.87. The van der Waals surface area contributed by atoms with Crippen LogP contribution in [-0.2, 0) is 0 Å². The topological polar surface area (TPSA) is 38.7 Å². The normalized spacial score (nSPS) is 11.6. The lowest BCUT2D eigenvalue weighted by Crippen LogP contribution is -2.00. The molecule has 0 N–H and O–H groups in total. The molecule has 0 aliphatic heterocycles. The zero-order chi connectivity index (χ0) is 37.0. The van der Waals surface area contributed by atoms with E-state index >= 15 is 0 Å². The highest BCUT2D eigenvalue weighted by molar-refractivity contribution is 7.26. The van der Waals surface area contributed by atoms with Crippen molar-refractivity contribution in [2.75, 3.05) is 0 Å². The van der Waals surface area contributed by atoms with E-state index in [1.54, 1.807) is 11.3 Å². The molecule has 0 radical (unpaired) electrons. The van der Waals surface area contributed by atoms with Crippen molar-refractivity contribution in [3.8, 4) is 67.5 Å². The van der Waals surface area contributed by atoms with E-state index in [0.717, 1.165) is 22.3 Å². The summed E-state index contributed by atoms with van der Waals surface area (Å²) in [6.07, 6.45) is 0. The van der Waals surface area contributed by atoms with E-state index in [1.165, 1.54) is 68.2 Å². The third kappa shape index (κ3) is 5.68. The average molecular weight is 750 g/mol. The number of rotatable bonds is 6. The average Bonchev–Trinajstić information content (AvgIpc) is 3.85. The van der Waals surface area contributed by atoms with Crippen molar-refractivity contribution in [1.82, 2.24) is 15.0 Å². The molecule has 3 heterocycles. The van der Waals surface area contributed by atoms with Gasteiger partial charge in [-0.1, -0.05) is 152 Å². The molecule has 0 saturated carbocycles. The van der Waals surface area contributed by atoms with E-state index in [0.29, 0.717) is 17.5 Å². The fourth-order valence-electron chi connectivity index (χ4n) is 7.80. The Morgan fingerprint density at radius 3 is 1.59 bits per heavy atom. The van der Waals surface area contributed by atoms with Crippen molar-refractivity contribution in [2.45, 2.75) is 0 Å². The van der Waals surface area contributed by atoms with E-state index < -0.39 is 0 Å². The number of thiophene rings is 2. The zero-order valence-corrected chi connectivity index (χ0v) is 31.7. The lowest BCUT2D eigenvalue weighted by Gasteiger charge is -2.10. The highest BCUT2D eigenvalue weighted by atomic mass is 32.1. The maximum atomic E-state index is 5.16. The van der Waals surface area contributed by atoms with E-state index in [4.69, 9.17) is 15.0 Å². The first-order valence-corrected chi connectivity index (χ1v) is 20.3. The molecule has 11 rings (SSSR count). The van der Waals surface area contributed by atoms with Gasteiger partial charge in [-0.15, -0.1) is 22.7 Å². The molecule has 3 nitrogen and oxygen atoms in total. The van der Waals surface area contributed by atoms with E-state index in [1.807, 2.05) is 35.6 Å². The third-order valence-corrected chi connectivity index (χ3v) is 12.9. The second-order valence-corrected chi connectivity index (χ2v) is 16.1. The smallest absolute Gasteiger partial charge is 0.165 e. The van der Waals surface area contributed by atoms with Crippen LogP contribution in [0, 0.1) is 0 Å². The molecule has 0 spiro atoms. The minimum Gasteiger partial charge on any atom is -0.208 e. The van der Waals surface area contributed by atoms with Crippen LogP contribution in [0.3, 0.4) is 0 Å². The van der Waals surface area contributed by atoms with Gasteiger partial charge in [0.25, 0.3) is 0 Å². The van der Waals surface area contributed by atoms with Gasteiger partial charge in [-0.25, -0.2) is 15.0 Å². The van der Waals surface area contributed by atoms with Gasteiger partial charge in [0, 0.05) is 57.0 Å². The largest absolute Gasteiger partial charge is 0.208 e. The van der Waals surface area contributed by atoms with Crippen molar-refractivity contribution < 1.29 is 0 Å². The summed E-state index contributed by atoms with van der Waals surface area (Å²) in [6.45, 7) is 0. The van der Waals surface area contributed by atoms with Crippen molar-refractivity contribution in [3.05, 3.63) is 188 Å². The maximum Gasteiger partial charge on any atom is 0.165 e. The fraction of sp³-hybridized carbons (Fsp3) is 0. The molecule has 0 fully saturated rings. The van der Waals surface area contributed by atoms with Crippen LogP contribution in [0.4, 0.5) is 0 Å². The SMILES string of the molecule is c1ccc(-c2ccc(-c3nc(-c4ccccc4)nc(-c4cccc5c4sc4ccc(-c6cc(-c7ccccc7)c7c(c6)sc6ccccc67)cc45)n3)cc2)cc1. The summed E-state index contributed by atoms with van der Waals surface area (Å²) in [6, 6.07) is 66.8. The van der Waals surface area contributed by atoms with Crippen LogP contribution in [0.1, 0.15) is 0 Å². The summed E-state index contributed by atoms with van der Waals surface area (Å²) >= 11 is 3.67. The number of aromatic nitrogens is 3. The Bertz CT molecular complexity index is 3220. The molecule has 0 atom stereocenters. The lowest BCUT2D eigenvalue weighted by atomic mass is 9.94. The summed E-state index contributed by atoms with van der Waals surface area (Å²) in [4.78, 5) is 15.3. The number of hydrogen-bond acceptors (Lipinski definition) is 5. The molecule has 0 amide bonds. The molecule has 3 aromatic heterocycles. The molecule has 5 heteroatoms. The van der Waals surface area contributed by atoms with Crippen molar-refractivity contribution >= 4 is 63.0 Å². The second kappa shape index (κ2) is 13.5. The first-order chi connectivity index (χ1) is 27.7. The van der Waals surface area contributed by atoms with Crippen molar-refractivity contribution in [3.63, 3.8) is 0 Å². The van der Waals surface area contributed by atoms with Crippen LogP contribution in [-0.4, -0.2) is 15.0 Å². The van der Waals surface area contributed by atoms with Crippen LogP contribution in [0.2, 0.25) is 0 Å². The van der Waals surface area contributed by atoms with Gasteiger partial charge in [-0.05, 0) is 69.8 Å². The van der Waals surface area contributed by atoms with Gasteiger partial charge in [0.1, 0.15) is 0 Å². The van der Waals surface area contributed by atoms with Crippen molar-refractivity contribution in [2.24, 2.45) is 0 Å². The summed E-state index contributed by atoms with van der Waals surface area (Å²) < 4.78 is 5.01. The molecule has 0 unspecified atom stereocenters. The van der Waals surface area contributed by atoms with Gasteiger partial charge in [0.2, 0.25) is 0 Å². The highest BCUT2D eigenvalue weighted by Gasteiger charge is 2.18. The molecule has 56 heavy (non-hydrogen) atoms.